The molecule has 0 heterocycles. The quantitative estimate of drug-likeness (QED) is 0.402. The van der Waals surface area contributed by atoms with Gasteiger partial charge in [0.1, 0.15) is 0 Å². The summed E-state index contributed by atoms with van der Waals surface area (Å²) in [5.41, 5.74) is 0. The Morgan fingerprint density at radius 2 is 2.29 bits per heavy atom. The molecule has 1 fully saturated rings. The van der Waals surface area contributed by atoms with Crippen LogP contribution in [0.3, 0.4) is 0 Å². The highest BCUT2D eigenvalue weighted by Gasteiger charge is 2.30. The smallest absolute Gasteiger partial charge is 0.0202 e. The van der Waals surface area contributed by atoms with Crippen LogP contribution in [0.4, 0.5) is 0 Å². The molecule has 0 heteroatoms. The first-order valence-electron chi connectivity index (χ1n) is 3.13. The highest BCUT2D eigenvalue weighted by molar-refractivity contribution is 5.05. The molecule has 0 saturated heterocycles. The Morgan fingerprint density at radius 3 is 2.57 bits per heavy atom. The summed E-state index contributed by atoms with van der Waals surface area (Å²) in [4.78, 5) is 0. The van der Waals surface area contributed by atoms with Crippen LogP contribution in [0.15, 0.2) is 12.2 Å². The largest absolute Gasteiger partial charge is 0.0880 e. The Morgan fingerprint density at radius 1 is 1.29 bits per heavy atom. The average molecular weight is 94.2 g/mol. The van der Waals surface area contributed by atoms with Crippen molar-refractivity contribution in [2.24, 2.45) is 11.8 Å². The Labute approximate surface area is 44.2 Å². The third-order valence-electron chi connectivity index (χ3n) is 2.30. The lowest BCUT2D eigenvalue weighted by Crippen LogP contribution is -2.18. The number of hydrogen-bond donors (Lipinski definition) is 0. The molecule has 0 radical (unpaired) electrons. The molecule has 1 saturated carbocycles. The van der Waals surface area contributed by atoms with E-state index in [0.29, 0.717) is 0 Å². The molecule has 0 spiro atoms. The fourth-order valence-corrected chi connectivity index (χ4v) is 1.57. The van der Waals surface area contributed by atoms with E-state index in [9.17, 15) is 0 Å². The van der Waals surface area contributed by atoms with E-state index < -0.39 is 0 Å². The number of rotatable bonds is 0. The molecule has 0 aromatic rings. The molecule has 0 aliphatic heterocycles. The molecule has 2 aliphatic carbocycles. The first kappa shape index (κ1) is 3.71. The van der Waals surface area contributed by atoms with Gasteiger partial charge in [-0.2, -0.15) is 0 Å². The monoisotopic (exact) mass is 94.1 g/mol. The first-order chi connectivity index (χ1) is 3.47. The third kappa shape index (κ3) is 0.370. The zero-order valence-corrected chi connectivity index (χ0v) is 4.43. The van der Waals surface area contributed by atoms with Gasteiger partial charge in [0.2, 0.25) is 0 Å². The fraction of sp³-hybridized carbons (Fsp3) is 0.714. The lowest BCUT2D eigenvalue weighted by atomic mass is 9.76. The highest BCUT2D eigenvalue weighted by atomic mass is 14.3. The van der Waals surface area contributed by atoms with Gasteiger partial charge in [0.15, 0.2) is 0 Å². The second kappa shape index (κ2) is 1.12. The summed E-state index contributed by atoms with van der Waals surface area (Å²) in [6, 6.07) is 0. The molecule has 2 aliphatic rings. The standard InChI is InChI=1S/C7H10/c1-2-6-4-5-7(6)3-1/h1-2,6-7H,3-5H2/t6?,7-/m0/s1. The van der Waals surface area contributed by atoms with E-state index in [0.717, 1.165) is 11.8 Å². The summed E-state index contributed by atoms with van der Waals surface area (Å²) in [6.45, 7) is 0. The molecule has 0 nitrogen and oxygen atoms in total. The highest BCUT2D eigenvalue weighted by Crippen LogP contribution is 2.41. The van der Waals surface area contributed by atoms with Crippen molar-refractivity contribution in [3.05, 3.63) is 12.2 Å². The van der Waals surface area contributed by atoms with Gasteiger partial charge in [-0.1, -0.05) is 12.2 Å². The van der Waals surface area contributed by atoms with Gasteiger partial charge in [-0.05, 0) is 31.1 Å². The van der Waals surface area contributed by atoms with Gasteiger partial charge >= 0.3 is 0 Å². The summed E-state index contributed by atoms with van der Waals surface area (Å²) < 4.78 is 0. The molecular formula is C7H10. The zero-order valence-electron chi connectivity index (χ0n) is 4.43. The Balaban J connectivity index is 2.14. The molecule has 0 N–H and O–H groups in total. The van der Waals surface area contributed by atoms with Crippen molar-refractivity contribution in [2.45, 2.75) is 19.3 Å². The maximum absolute atomic E-state index is 2.38. The Hall–Kier alpha value is -0.260. The molecule has 2 atom stereocenters. The van der Waals surface area contributed by atoms with Gasteiger partial charge < -0.3 is 0 Å². The van der Waals surface area contributed by atoms with Crippen LogP contribution < -0.4 is 0 Å². The third-order valence-corrected chi connectivity index (χ3v) is 2.30. The van der Waals surface area contributed by atoms with E-state index in [2.05, 4.69) is 12.2 Å². The van der Waals surface area contributed by atoms with Gasteiger partial charge in [0.25, 0.3) is 0 Å². The number of fused-ring (bicyclic) bond motifs is 1. The van der Waals surface area contributed by atoms with Crippen molar-refractivity contribution in [2.75, 3.05) is 0 Å². The van der Waals surface area contributed by atoms with Crippen molar-refractivity contribution in [3.8, 4) is 0 Å². The van der Waals surface area contributed by atoms with Crippen LogP contribution in [0.2, 0.25) is 0 Å². The van der Waals surface area contributed by atoms with Crippen LogP contribution in [-0.4, -0.2) is 0 Å². The second-order valence-electron chi connectivity index (χ2n) is 2.67. The number of allylic oxidation sites excluding steroid dienone is 2. The summed E-state index contributed by atoms with van der Waals surface area (Å²) >= 11 is 0. The first-order valence-corrected chi connectivity index (χ1v) is 3.13. The predicted octanol–water partition coefficient (Wildman–Crippen LogP) is 1.97. The normalized spacial score (nSPS) is 45.7. The van der Waals surface area contributed by atoms with E-state index >= 15 is 0 Å². The molecule has 2 rings (SSSR count). The van der Waals surface area contributed by atoms with Crippen LogP contribution in [0.25, 0.3) is 0 Å². The molecule has 7 heavy (non-hydrogen) atoms. The maximum Gasteiger partial charge on any atom is -0.0202 e. The molecule has 0 aromatic heterocycles. The van der Waals surface area contributed by atoms with Crippen LogP contribution in [0.5, 0.6) is 0 Å². The Bertz CT molecular complexity index is 103. The van der Waals surface area contributed by atoms with Crippen molar-refractivity contribution >= 4 is 0 Å². The molecule has 0 bridgehead atoms. The minimum Gasteiger partial charge on any atom is -0.0880 e. The summed E-state index contributed by atoms with van der Waals surface area (Å²) in [7, 11) is 0. The number of hydrogen-bond acceptors (Lipinski definition) is 0. The molecule has 0 amide bonds. The topological polar surface area (TPSA) is 0 Å². The van der Waals surface area contributed by atoms with E-state index in [1.54, 1.807) is 0 Å². The molecule has 38 valence electrons. The lowest BCUT2D eigenvalue weighted by Gasteiger charge is -2.29. The van der Waals surface area contributed by atoms with E-state index in [1.165, 1.54) is 19.3 Å². The summed E-state index contributed by atoms with van der Waals surface area (Å²) in [6.07, 6.45) is 9.07. The fourth-order valence-electron chi connectivity index (χ4n) is 1.57. The van der Waals surface area contributed by atoms with Crippen LogP contribution in [-0.2, 0) is 0 Å². The van der Waals surface area contributed by atoms with Crippen LogP contribution >= 0.6 is 0 Å². The SMILES string of the molecule is C1=CC2CC[C@@H]2C1. The molecule has 0 aromatic carbocycles. The van der Waals surface area contributed by atoms with Crippen LogP contribution in [0, 0.1) is 11.8 Å². The second-order valence-corrected chi connectivity index (χ2v) is 2.67. The van der Waals surface area contributed by atoms with E-state index in [4.69, 9.17) is 0 Å². The summed E-state index contributed by atoms with van der Waals surface area (Å²) in [5, 5.41) is 0. The molecular weight excluding hydrogens is 84.1 g/mol. The van der Waals surface area contributed by atoms with Gasteiger partial charge in [0.05, 0.1) is 0 Å². The molecule has 1 unspecified atom stereocenters. The van der Waals surface area contributed by atoms with Crippen molar-refractivity contribution in [3.63, 3.8) is 0 Å². The minimum absolute atomic E-state index is 1.01. The Kier molecular flexibility index (Phi) is 0.592. The van der Waals surface area contributed by atoms with Crippen molar-refractivity contribution in [1.82, 2.24) is 0 Å². The van der Waals surface area contributed by atoms with Gasteiger partial charge in [-0.3, -0.25) is 0 Å². The van der Waals surface area contributed by atoms with E-state index in [-0.39, 0.29) is 0 Å². The van der Waals surface area contributed by atoms with Crippen molar-refractivity contribution in [1.29, 1.82) is 0 Å². The zero-order chi connectivity index (χ0) is 4.69. The van der Waals surface area contributed by atoms with Gasteiger partial charge in [-0.25, -0.2) is 0 Å². The van der Waals surface area contributed by atoms with Gasteiger partial charge in [-0.15, -0.1) is 0 Å². The van der Waals surface area contributed by atoms with Gasteiger partial charge in [0, 0.05) is 0 Å². The lowest BCUT2D eigenvalue weighted by molar-refractivity contribution is 0.249. The van der Waals surface area contributed by atoms with Crippen molar-refractivity contribution < 1.29 is 0 Å². The maximum atomic E-state index is 2.38. The van der Waals surface area contributed by atoms with E-state index in [1.807, 2.05) is 0 Å². The summed E-state index contributed by atoms with van der Waals surface area (Å²) in [5.74, 6) is 2.10. The predicted molar refractivity (Wildman–Crippen MR) is 30.0 cm³/mol. The minimum atomic E-state index is 1.01. The average Bonchev–Trinajstić information content (AvgIpc) is 1.85. The van der Waals surface area contributed by atoms with Crippen LogP contribution in [0.1, 0.15) is 19.3 Å².